The Kier molecular flexibility index (Phi) is 6.26. The molecule has 2 aliphatic heterocycles. The third-order valence-corrected chi connectivity index (χ3v) is 7.03. The van der Waals surface area contributed by atoms with Crippen LogP contribution < -0.4 is 24.8 Å². The van der Waals surface area contributed by atoms with Crippen molar-refractivity contribution in [3.05, 3.63) is 42.0 Å². The number of piperidine rings is 1. The first-order valence-electron chi connectivity index (χ1n) is 11.9. The fourth-order valence-corrected chi connectivity index (χ4v) is 5.06. The molecule has 2 fully saturated rings. The molecule has 36 heavy (non-hydrogen) atoms. The number of nitrogens with zero attached hydrogens (tertiary/aromatic N) is 4. The maximum Gasteiger partial charge on any atom is 0.237 e. The molecule has 1 atom stereocenters. The molecule has 5 rings (SSSR count). The first-order chi connectivity index (χ1) is 17.4. The lowest BCUT2D eigenvalue weighted by atomic mass is 9.97. The number of ether oxygens (including phenoxy) is 3. The summed E-state index contributed by atoms with van der Waals surface area (Å²) < 4.78 is 16.0. The van der Waals surface area contributed by atoms with Gasteiger partial charge in [0.1, 0.15) is 11.6 Å². The lowest BCUT2D eigenvalue weighted by Crippen LogP contribution is -2.47. The number of methoxy groups -OCH3 is 3. The summed E-state index contributed by atoms with van der Waals surface area (Å²) >= 11 is 0. The van der Waals surface area contributed by atoms with E-state index in [2.05, 4.69) is 4.98 Å². The minimum absolute atomic E-state index is 0.119. The van der Waals surface area contributed by atoms with Gasteiger partial charge in [-0.1, -0.05) is 12.1 Å². The van der Waals surface area contributed by atoms with Crippen LogP contribution in [0.3, 0.4) is 0 Å². The molecule has 0 bridgehead atoms. The van der Waals surface area contributed by atoms with Gasteiger partial charge < -0.3 is 24.8 Å². The molecule has 10 nitrogen and oxygen atoms in total. The van der Waals surface area contributed by atoms with Gasteiger partial charge in [-0.3, -0.25) is 14.5 Å². The quantitative estimate of drug-likeness (QED) is 0.519. The number of rotatable bonds is 6. The van der Waals surface area contributed by atoms with Crippen LogP contribution in [0.1, 0.15) is 30.7 Å². The summed E-state index contributed by atoms with van der Waals surface area (Å²) in [6, 6.07) is 10.7. The Morgan fingerprint density at radius 2 is 1.58 bits per heavy atom. The third-order valence-electron chi connectivity index (χ3n) is 7.03. The number of hydrogen-bond acceptors (Lipinski definition) is 9. The predicted molar refractivity (Wildman–Crippen MR) is 134 cm³/mol. The minimum Gasteiger partial charge on any atom is -0.497 e. The number of aromatic nitrogens is 2. The number of carbonyl (C=O) groups is 2. The third kappa shape index (κ3) is 4.12. The molecule has 2 amide bonds. The van der Waals surface area contributed by atoms with Crippen molar-refractivity contribution in [1.29, 1.82) is 0 Å². The van der Waals surface area contributed by atoms with E-state index in [-0.39, 0.29) is 24.3 Å². The van der Waals surface area contributed by atoms with Crippen LogP contribution in [-0.4, -0.2) is 67.1 Å². The van der Waals surface area contributed by atoms with Crippen molar-refractivity contribution >= 4 is 34.5 Å². The van der Waals surface area contributed by atoms with Crippen LogP contribution in [0.15, 0.2) is 36.4 Å². The first-order valence-corrected chi connectivity index (χ1v) is 11.9. The van der Waals surface area contributed by atoms with Gasteiger partial charge in [-0.25, -0.2) is 4.98 Å². The van der Waals surface area contributed by atoms with Gasteiger partial charge >= 0.3 is 0 Å². The van der Waals surface area contributed by atoms with Gasteiger partial charge in [-0.15, -0.1) is 0 Å². The Hall–Kier alpha value is -4.08. The highest BCUT2D eigenvalue weighted by Gasteiger charge is 2.43. The smallest absolute Gasteiger partial charge is 0.237 e. The Balaban J connectivity index is 1.30. The van der Waals surface area contributed by atoms with E-state index in [1.807, 2.05) is 29.2 Å². The van der Waals surface area contributed by atoms with Crippen LogP contribution in [0.4, 0.5) is 11.8 Å². The van der Waals surface area contributed by atoms with Crippen molar-refractivity contribution < 1.29 is 23.8 Å². The maximum atomic E-state index is 13.2. The van der Waals surface area contributed by atoms with E-state index in [0.29, 0.717) is 65.8 Å². The van der Waals surface area contributed by atoms with Crippen molar-refractivity contribution in [3.63, 3.8) is 0 Å². The summed E-state index contributed by atoms with van der Waals surface area (Å²) in [4.78, 5) is 38.8. The second-order valence-corrected chi connectivity index (χ2v) is 8.98. The number of hydrogen-bond donors (Lipinski definition) is 1. The highest BCUT2D eigenvalue weighted by Crippen LogP contribution is 2.36. The normalized spacial score (nSPS) is 18.7. The largest absolute Gasteiger partial charge is 0.497 e. The van der Waals surface area contributed by atoms with Gasteiger partial charge in [0.15, 0.2) is 11.5 Å². The molecule has 0 radical (unpaired) electrons. The van der Waals surface area contributed by atoms with Crippen molar-refractivity contribution in [1.82, 2.24) is 14.9 Å². The number of benzene rings is 2. The zero-order valence-electron chi connectivity index (χ0n) is 20.6. The fourth-order valence-electron chi connectivity index (χ4n) is 5.06. The standard InChI is InChI=1S/C26H29N5O5/c1-34-17-6-4-15(5-7-17)18-13-23(32)31(25(18)33)16-8-10-30(11-9-16)26-28-20-14-22(36-3)21(35-2)12-19(20)24(27)29-26/h4-7,12,14,16,18H,8-11,13H2,1-3H3,(H2,27,28,29). The van der Waals surface area contributed by atoms with Gasteiger partial charge in [0.25, 0.3) is 0 Å². The summed E-state index contributed by atoms with van der Waals surface area (Å²) in [6.45, 7) is 1.21. The first kappa shape index (κ1) is 23.7. The molecule has 0 saturated carbocycles. The van der Waals surface area contributed by atoms with Crippen LogP contribution in [0.25, 0.3) is 10.9 Å². The van der Waals surface area contributed by atoms with Crippen LogP contribution in [-0.2, 0) is 9.59 Å². The molecular weight excluding hydrogens is 462 g/mol. The summed E-state index contributed by atoms with van der Waals surface area (Å²) in [5, 5.41) is 0.684. The van der Waals surface area contributed by atoms with Gasteiger partial charge in [-0.05, 0) is 36.6 Å². The molecule has 188 valence electrons. The zero-order chi connectivity index (χ0) is 25.4. The van der Waals surface area contributed by atoms with Gasteiger partial charge in [0, 0.05) is 37.0 Å². The molecule has 2 saturated heterocycles. The Morgan fingerprint density at radius 1 is 0.917 bits per heavy atom. The molecule has 1 aromatic heterocycles. The number of anilines is 2. The number of fused-ring (bicyclic) bond motifs is 1. The molecule has 3 aromatic rings. The van der Waals surface area contributed by atoms with Crippen LogP contribution >= 0.6 is 0 Å². The van der Waals surface area contributed by atoms with Crippen LogP contribution in [0.2, 0.25) is 0 Å². The predicted octanol–water partition coefficient (Wildman–Crippen LogP) is 2.75. The topological polar surface area (TPSA) is 120 Å². The highest BCUT2D eigenvalue weighted by molar-refractivity contribution is 6.06. The van der Waals surface area contributed by atoms with Crippen molar-refractivity contribution in [2.45, 2.75) is 31.2 Å². The van der Waals surface area contributed by atoms with Crippen LogP contribution in [0, 0.1) is 0 Å². The second kappa shape index (κ2) is 9.52. The molecular formula is C26H29N5O5. The number of amides is 2. The lowest BCUT2D eigenvalue weighted by molar-refractivity contribution is -0.141. The van der Waals surface area contributed by atoms with E-state index in [1.165, 1.54) is 4.90 Å². The zero-order valence-corrected chi connectivity index (χ0v) is 20.6. The molecule has 1 unspecified atom stereocenters. The number of likely N-dealkylation sites (tertiary alicyclic amines) is 1. The van der Waals surface area contributed by atoms with Gasteiger partial charge in [0.05, 0.1) is 32.8 Å². The highest BCUT2D eigenvalue weighted by atomic mass is 16.5. The Labute approximate surface area is 209 Å². The molecule has 3 heterocycles. The van der Waals surface area contributed by atoms with E-state index in [4.69, 9.17) is 24.9 Å². The number of carbonyl (C=O) groups excluding carboxylic acids is 2. The average molecular weight is 492 g/mol. The molecule has 10 heteroatoms. The molecule has 2 aliphatic rings. The van der Waals surface area contributed by atoms with Gasteiger partial charge in [-0.2, -0.15) is 4.98 Å². The Bertz CT molecular complexity index is 1300. The molecule has 2 aromatic carbocycles. The van der Waals surface area contributed by atoms with Crippen LogP contribution in [0.5, 0.6) is 17.2 Å². The molecule has 0 spiro atoms. The summed E-state index contributed by atoms with van der Waals surface area (Å²) in [5.41, 5.74) is 7.74. The second-order valence-electron chi connectivity index (χ2n) is 8.98. The number of imide groups is 1. The van der Waals surface area contributed by atoms with E-state index in [9.17, 15) is 9.59 Å². The van der Waals surface area contributed by atoms with E-state index in [0.717, 1.165) is 5.56 Å². The molecule has 0 aliphatic carbocycles. The van der Waals surface area contributed by atoms with Crippen molar-refractivity contribution in [2.24, 2.45) is 0 Å². The maximum absolute atomic E-state index is 13.2. The number of nitrogens with two attached hydrogens (primary N) is 1. The fraction of sp³-hybridized carbons (Fsp3) is 0.385. The summed E-state index contributed by atoms with van der Waals surface area (Å²) in [7, 11) is 4.73. The lowest BCUT2D eigenvalue weighted by Gasteiger charge is -2.36. The number of nitrogen functional groups attached to an aromatic ring is 1. The van der Waals surface area contributed by atoms with E-state index in [1.54, 1.807) is 33.5 Å². The SMILES string of the molecule is COc1ccc(C2CC(=O)N(C3CCN(c4nc(N)c5cc(OC)c(OC)cc5n4)CC3)C2=O)cc1. The monoisotopic (exact) mass is 491 g/mol. The van der Waals surface area contributed by atoms with E-state index < -0.39 is 5.92 Å². The van der Waals surface area contributed by atoms with E-state index >= 15 is 0 Å². The summed E-state index contributed by atoms with van der Waals surface area (Å²) in [5.74, 6) is 2.01. The average Bonchev–Trinajstić information content (AvgIpc) is 3.21. The molecule has 2 N–H and O–H groups in total. The van der Waals surface area contributed by atoms with Crippen molar-refractivity contribution in [3.8, 4) is 17.2 Å². The Morgan fingerprint density at radius 3 is 2.22 bits per heavy atom. The van der Waals surface area contributed by atoms with Crippen molar-refractivity contribution in [2.75, 3.05) is 45.1 Å². The minimum atomic E-state index is -0.447. The van der Waals surface area contributed by atoms with Gasteiger partial charge in [0.2, 0.25) is 17.8 Å². The summed E-state index contributed by atoms with van der Waals surface area (Å²) in [6.07, 6.45) is 1.47.